The van der Waals surface area contributed by atoms with E-state index in [2.05, 4.69) is 63.8 Å². The third kappa shape index (κ3) is 3.78. The third-order valence-electron chi connectivity index (χ3n) is 5.13. The number of rotatable bonds is 6. The van der Waals surface area contributed by atoms with Crippen LogP contribution < -0.4 is 15.5 Å². The molecule has 0 saturated carbocycles. The number of nitrogens with zero attached hydrogens (tertiary/aromatic N) is 5. The largest absolute Gasteiger partial charge is 0.366 e. The van der Waals surface area contributed by atoms with Crippen molar-refractivity contribution in [1.82, 2.24) is 25.2 Å². The van der Waals surface area contributed by atoms with Gasteiger partial charge in [0.2, 0.25) is 0 Å². The smallest absolute Gasteiger partial charge is 0.191 e. The monoisotopic (exact) mass is 377 g/mol. The van der Waals surface area contributed by atoms with Crippen LogP contribution in [0.25, 0.3) is 5.65 Å². The minimum Gasteiger partial charge on any atom is -0.366 e. The summed E-state index contributed by atoms with van der Waals surface area (Å²) in [6, 6.07) is 14.9. The van der Waals surface area contributed by atoms with E-state index >= 15 is 0 Å². The number of hydrogen-bond donors (Lipinski definition) is 2. The first kappa shape index (κ1) is 18.3. The Morgan fingerprint density at radius 2 is 2.00 bits per heavy atom. The second-order valence-electron chi connectivity index (χ2n) is 7.04. The Bertz CT molecular complexity index is 962. The number of benzene rings is 1. The molecule has 1 unspecified atom stereocenters. The average Bonchev–Trinajstić information content (AvgIpc) is 3.34. The van der Waals surface area contributed by atoms with Crippen LogP contribution in [0.3, 0.4) is 0 Å². The molecule has 0 saturated heterocycles. The van der Waals surface area contributed by atoms with Gasteiger partial charge >= 0.3 is 0 Å². The fraction of sp³-hybridized carbons (Fsp3) is 0.381. The van der Waals surface area contributed by atoms with Crippen LogP contribution in [0.1, 0.15) is 25.2 Å². The first-order chi connectivity index (χ1) is 13.8. The van der Waals surface area contributed by atoms with E-state index in [9.17, 15) is 0 Å². The zero-order valence-electron chi connectivity index (χ0n) is 16.5. The van der Waals surface area contributed by atoms with Gasteiger partial charge in [0.25, 0.3) is 0 Å². The molecule has 0 spiro atoms. The number of pyridine rings is 1. The molecular weight excluding hydrogens is 350 g/mol. The molecule has 1 aromatic carbocycles. The molecule has 1 atom stereocenters. The van der Waals surface area contributed by atoms with Gasteiger partial charge in [-0.15, -0.1) is 10.2 Å². The average molecular weight is 377 g/mol. The molecule has 1 aliphatic rings. The van der Waals surface area contributed by atoms with Gasteiger partial charge in [0.05, 0.1) is 0 Å². The molecule has 3 aromatic rings. The van der Waals surface area contributed by atoms with Crippen molar-refractivity contribution in [3.8, 4) is 0 Å². The van der Waals surface area contributed by atoms with Gasteiger partial charge in [-0.05, 0) is 44.0 Å². The molecule has 2 N–H and O–H groups in total. The third-order valence-corrected chi connectivity index (χ3v) is 5.13. The quantitative estimate of drug-likeness (QED) is 0.509. The summed E-state index contributed by atoms with van der Waals surface area (Å²) in [5.74, 6) is 1.63. The van der Waals surface area contributed by atoms with Gasteiger partial charge in [-0.1, -0.05) is 24.3 Å². The molecule has 0 radical (unpaired) electrons. The number of aliphatic imine (C=N–C) groups is 1. The Kier molecular flexibility index (Phi) is 5.41. The van der Waals surface area contributed by atoms with Crippen molar-refractivity contribution >= 4 is 17.3 Å². The molecule has 146 valence electrons. The maximum atomic E-state index is 4.70. The first-order valence-corrected chi connectivity index (χ1v) is 9.91. The number of hydrogen-bond acceptors (Lipinski definition) is 4. The number of anilines is 1. The standard InChI is InChI=1S/C21H27N7/c1-3-22-21(24-15-20-26-25-19-10-6-7-12-28(19)20)23-14-16(2)27-13-11-17-8-4-5-9-18(17)27/h4-10,12,16H,3,11,13-15H2,1-2H3,(H2,22,23,24). The van der Waals surface area contributed by atoms with Crippen molar-refractivity contribution in [3.63, 3.8) is 0 Å². The van der Waals surface area contributed by atoms with Crippen molar-refractivity contribution in [3.05, 3.63) is 60.0 Å². The van der Waals surface area contributed by atoms with E-state index in [4.69, 9.17) is 4.99 Å². The lowest BCUT2D eigenvalue weighted by atomic mass is 10.2. The first-order valence-electron chi connectivity index (χ1n) is 9.91. The molecule has 0 fully saturated rings. The van der Waals surface area contributed by atoms with Crippen LogP contribution >= 0.6 is 0 Å². The minimum atomic E-state index is 0.376. The van der Waals surface area contributed by atoms with Gasteiger partial charge < -0.3 is 15.5 Å². The zero-order valence-corrected chi connectivity index (χ0v) is 16.5. The summed E-state index contributed by atoms with van der Waals surface area (Å²) in [5, 5.41) is 15.2. The van der Waals surface area contributed by atoms with E-state index in [0.29, 0.717) is 12.6 Å². The van der Waals surface area contributed by atoms with Crippen LogP contribution in [-0.4, -0.2) is 46.2 Å². The maximum absolute atomic E-state index is 4.70. The molecule has 3 heterocycles. The number of para-hydroxylation sites is 1. The van der Waals surface area contributed by atoms with Crippen molar-refractivity contribution < 1.29 is 0 Å². The lowest BCUT2D eigenvalue weighted by molar-refractivity contribution is 0.625. The number of guanidine groups is 1. The van der Waals surface area contributed by atoms with Gasteiger partial charge in [0.15, 0.2) is 17.4 Å². The highest BCUT2D eigenvalue weighted by molar-refractivity contribution is 5.79. The maximum Gasteiger partial charge on any atom is 0.191 e. The predicted octanol–water partition coefficient (Wildman–Crippen LogP) is 2.24. The van der Waals surface area contributed by atoms with Crippen LogP contribution in [0.5, 0.6) is 0 Å². The summed E-state index contributed by atoms with van der Waals surface area (Å²) in [7, 11) is 0. The summed E-state index contributed by atoms with van der Waals surface area (Å²) >= 11 is 0. The fourth-order valence-electron chi connectivity index (χ4n) is 3.67. The summed E-state index contributed by atoms with van der Waals surface area (Å²) in [4.78, 5) is 7.17. The lowest BCUT2D eigenvalue weighted by Gasteiger charge is -2.28. The normalized spacial score (nSPS) is 14.9. The van der Waals surface area contributed by atoms with Crippen molar-refractivity contribution in [2.75, 3.05) is 24.5 Å². The second kappa shape index (κ2) is 8.29. The molecular formula is C21H27N7. The Hall–Kier alpha value is -3.09. The van der Waals surface area contributed by atoms with Crippen molar-refractivity contribution in [2.45, 2.75) is 32.9 Å². The summed E-state index contributed by atoms with van der Waals surface area (Å²) < 4.78 is 1.97. The van der Waals surface area contributed by atoms with E-state index in [1.807, 2.05) is 28.8 Å². The Morgan fingerprint density at radius 1 is 1.14 bits per heavy atom. The van der Waals surface area contributed by atoms with E-state index in [0.717, 1.165) is 43.5 Å². The van der Waals surface area contributed by atoms with Gasteiger partial charge in [0.1, 0.15) is 6.54 Å². The molecule has 0 bridgehead atoms. The number of nitrogens with one attached hydrogen (secondary N) is 2. The molecule has 0 amide bonds. The highest BCUT2D eigenvalue weighted by atomic mass is 15.3. The van der Waals surface area contributed by atoms with Gasteiger partial charge in [-0.3, -0.25) is 4.40 Å². The van der Waals surface area contributed by atoms with Crippen molar-refractivity contribution in [1.29, 1.82) is 0 Å². The van der Waals surface area contributed by atoms with Crippen molar-refractivity contribution in [2.24, 2.45) is 4.99 Å². The van der Waals surface area contributed by atoms with Crippen LogP contribution in [0, 0.1) is 0 Å². The molecule has 28 heavy (non-hydrogen) atoms. The second-order valence-corrected chi connectivity index (χ2v) is 7.04. The van der Waals surface area contributed by atoms with Gasteiger partial charge in [-0.2, -0.15) is 0 Å². The SMILES string of the molecule is CCNC(=NCc1nnc2ccccn12)NCC(C)N1CCc2ccccc21. The Morgan fingerprint density at radius 3 is 2.89 bits per heavy atom. The Labute approximate surface area is 165 Å². The molecule has 2 aromatic heterocycles. The van der Waals surface area contributed by atoms with E-state index < -0.39 is 0 Å². The summed E-state index contributed by atoms with van der Waals surface area (Å²) in [6.45, 7) is 7.51. The van der Waals surface area contributed by atoms with Crippen LogP contribution in [0.4, 0.5) is 5.69 Å². The zero-order chi connectivity index (χ0) is 19.3. The molecule has 4 rings (SSSR count). The van der Waals surface area contributed by atoms with E-state index in [-0.39, 0.29) is 0 Å². The van der Waals surface area contributed by atoms with Gasteiger partial charge in [-0.25, -0.2) is 4.99 Å². The highest BCUT2D eigenvalue weighted by Crippen LogP contribution is 2.28. The van der Waals surface area contributed by atoms with E-state index in [1.165, 1.54) is 11.3 Å². The molecule has 7 nitrogen and oxygen atoms in total. The minimum absolute atomic E-state index is 0.376. The predicted molar refractivity (Wildman–Crippen MR) is 113 cm³/mol. The lowest BCUT2D eigenvalue weighted by Crippen LogP contribution is -2.45. The van der Waals surface area contributed by atoms with Gasteiger partial charge in [0, 0.05) is 37.6 Å². The highest BCUT2D eigenvalue weighted by Gasteiger charge is 2.22. The summed E-state index contributed by atoms with van der Waals surface area (Å²) in [6.07, 6.45) is 3.09. The molecule has 0 aliphatic carbocycles. The van der Waals surface area contributed by atoms with Crippen LogP contribution in [-0.2, 0) is 13.0 Å². The van der Waals surface area contributed by atoms with E-state index in [1.54, 1.807) is 0 Å². The topological polar surface area (TPSA) is 69.8 Å². The molecule has 1 aliphatic heterocycles. The Balaban J connectivity index is 1.40. The number of aromatic nitrogens is 3. The van der Waals surface area contributed by atoms with Crippen LogP contribution in [0.15, 0.2) is 53.7 Å². The number of fused-ring (bicyclic) bond motifs is 2. The molecule has 7 heteroatoms. The fourth-order valence-corrected chi connectivity index (χ4v) is 3.67. The summed E-state index contributed by atoms with van der Waals surface area (Å²) in [5.41, 5.74) is 3.63. The van der Waals surface area contributed by atoms with Crippen LogP contribution in [0.2, 0.25) is 0 Å².